The largest absolute Gasteiger partial charge is 0.493 e. The highest BCUT2D eigenvalue weighted by molar-refractivity contribution is 7.90. The fraction of sp³-hybridized carbons (Fsp3) is 0.381. The molecule has 0 aliphatic carbocycles. The van der Waals surface area contributed by atoms with Crippen molar-refractivity contribution in [3.05, 3.63) is 58.1 Å². The van der Waals surface area contributed by atoms with E-state index in [1.54, 1.807) is 11.0 Å². The molecule has 0 unspecified atom stereocenters. The summed E-state index contributed by atoms with van der Waals surface area (Å²) in [6.45, 7) is 4.34. The van der Waals surface area contributed by atoms with E-state index >= 15 is 0 Å². The third kappa shape index (κ3) is 4.42. The van der Waals surface area contributed by atoms with Crippen molar-refractivity contribution in [2.45, 2.75) is 17.9 Å². The van der Waals surface area contributed by atoms with Gasteiger partial charge in [0.25, 0.3) is 5.91 Å². The van der Waals surface area contributed by atoms with Crippen LogP contribution in [0.5, 0.6) is 5.75 Å². The fourth-order valence-electron chi connectivity index (χ4n) is 3.81. The van der Waals surface area contributed by atoms with Crippen molar-refractivity contribution in [3.63, 3.8) is 0 Å². The molecule has 2 heterocycles. The van der Waals surface area contributed by atoms with Gasteiger partial charge in [0, 0.05) is 51.0 Å². The highest BCUT2D eigenvalue weighted by Gasteiger charge is 2.24. The Bertz CT molecular complexity index is 1050. The van der Waals surface area contributed by atoms with Gasteiger partial charge in [-0.25, -0.2) is 8.42 Å². The first-order valence-corrected chi connectivity index (χ1v) is 11.8. The van der Waals surface area contributed by atoms with Crippen molar-refractivity contribution in [1.82, 2.24) is 9.80 Å². The molecule has 4 rings (SSSR count). The number of fused-ring (bicyclic) bond motifs is 1. The average molecular weight is 435 g/mol. The lowest BCUT2D eigenvalue weighted by molar-refractivity contribution is 0.0628. The Labute approximate surface area is 175 Å². The lowest BCUT2D eigenvalue weighted by atomic mass is 10.1. The highest BCUT2D eigenvalue weighted by atomic mass is 35.5. The van der Waals surface area contributed by atoms with Gasteiger partial charge >= 0.3 is 0 Å². The summed E-state index contributed by atoms with van der Waals surface area (Å²) in [5.74, 6) is 0.821. The molecular formula is C21H23ClN2O4S. The standard InChI is InChI=1S/C21H23ClN2O4S/c1-29(26,27)20-13-17(3-4-18(20)22)21(25)24-9-7-23(8-10-24)14-15-2-5-19-16(12-15)6-11-28-19/h2-5,12-13H,6-11,14H2,1H3. The number of rotatable bonds is 4. The quantitative estimate of drug-likeness (QED) is 0.740. The number of carbonyl (C=O) groups excluding carboxylic acids is 1. The van der Waals surface area contributed by atoms with Gasteiger partial charge in [0.2, 0.25) is 0 Å². The molecule has 0 bridgehead atoms. The molecule has 0 saturated carbocycles. The van der Waals surface area contributed by atoms with Crippen molar-refractivity contribution in [2.75, 3.05) is 39.0 Å². The molecule has 2 aromatic carbocycles. The van der Waals surface area contributed by atoms with Crippen molar-refractivity contribution in [1.29, 1.82) is 0 Å². The molecule has 1 saturated heterocycles. The Hall–Kier alpha value is -2.09. The van der Waals surface area contributed by atoms with E-state index in [1.165, 1.54) is 23.3 Å². The number of piperazine rings is 1. The SMILES string of the molecule is CS(=O)(=O)c1cc(C(=O)N2CCN(Cc3ccc4c(c3)CCO4)CC2)ccc1Cl. The third-order valence-corrected chi connectivity index (χ3v) is 6.98. The first-order valence-electron chi connectivity index (χ1n) is 9.57. The maximum Gasteiger partial charge on any atom is 0.253 e. The van der Waals surface area contributed by atoms with Crippen LogP contribution in [0.3, 0.4) is 0 Å². The van der Waals surface area contributed by atoms with Crippen LogP contribution in [0.25, 0.3) is 0 Å². The molecule has 2 aliphatic rings. The van der Waals surface area contributed by atoms with Crippen LogP contribution in [-0.2, 0) is 22.8 Å². The van der Waals surface area contributed by atoms with E-state index in [4.69, 9.17) is 16.3 Å². The molecule has 0 atom stereocenters. The number of hydrogen-bond acceptors (Lipinski definition) is 5. The molecule has 6 nitrogen and oxygen atoms in total. The lowest BCUT2D eigenvalue weighted by Crippen LogP contribution is -2.48. The summed E-state index contributed by atoms with van der Waals surface area (Å²) < 4.78 is 29.3. The fourth-order valence-corrected chi connectivity index (χ4v) is 5.11. The molecular weight excluding hydrogens is 412 g/mol. The lowest BCUT2D eigenvalue weighted by Gasteiger charge is -2.35. The van der Waals surface area contributed by atoms with Gasteiger partial charge in [0.15, 0.2) is 9.84 Å². The van der Waals surface area contributed by atoms with E-state index in [9.17, 15) is 13.2 Å². The summed E-state index contributed by atoms with van der Waals surface area (Å²) >= 11 is 5.98. The summed E-state index contributed by atoms with van der Waals surface area (Å²) in [5, 5.41) is 0.133. The van der Waals surface area contributed by atoms with Crippen LogP contribution in [0.15, 0.2) is 41.3 Å². The van der Waals surface area contributed by atoms with Crippen molar-refractivity contribution < 1.29 is 17.9 Å². The molecule has 1 fully saturated rings. The maximum absolute atomic E-state index is 12.8. The predicted octanol–water partition coefficient (Wildman–Crippen LogP) is 2.64. The number of hydrogen-bond donors (Lipinski definition) is 0. The van der Waals surface area contributed by atoms with Crippen LogP contribution in [0, 0.1) is 0 Å². The summed E-state index contributed by atoms with van der Waals surface area (Å²) in [5.41, 5.74) is 2.87. The third-order valence-electron chi connectivity index (χ3n) is 5.40. The summed E-state index contributed by atoms with van der Waals surface area (Å²) in [4.78, 5) is 16.9. The Morgan fingerprint density at radius 1 is 1.10 bits per heavy atom. The minimum atomic E-state index is -3.49. The van der Waals surface area contributed by atoms with Crippen LogP contribution in [0.4, 0.5) is 0 Å². The zero-order valence-electron chi connectivity index (χ0n) is 16.2. The molecule has 8 heteroatoms. The second-order valence-electron chi connectivity index (χ2n) is 7.53. The van der Waals surface area contributed by atoms with Gasteiger partial charge in [0.05, 0.1) is 16.5 Å². The number of nitrogens with zero attached hydrogens (tertiary/aromatic N) is 2. The first-order chi connectivity index (χ1) is 13.8. The second-order valence-corrected chi connectivity index (χ2v) is 9.92. The van der Waals surface area contributed by atoms with Gasteiger partial charge in [-0.3, -0.25) is 9.69 Å². The predicted molar refractivity (Wildman–Crippen MR) is 111 cm³/mol. The molecule has 29 heavy (non-hydrogen) atoms. The van der Waals surface area contributed by atoms with Gasteiger partial charge < -0.3 is 9.64 Å². The zero-order valence-corrected chi connectivity index (χ0v) is 17.8. The van der Waals surface area contributed by atoms with Gasteiger partial charge in [-0.05, 0) is 35.4 Å². The first kappa shape index (κ1) is 20.2. The Balaban J connectivity index is 1.39. The minimum Gasteiger partial charge on any atom is -0.493 e. The van der Waals surface area contributed by atoms with Gasteiger partial charge in [-0.15, -0.1) is 0 Å². The van der Waals surface area contributed by atoms with E-state index in [0.29, 0.717) is 18.7 Å². The molecule has 0 aromatic heterocycles. The van der Waals surface area contributed by atoms with Gasteiger partial charge in [-0.2, -0.15) is 0 Å². The normalized spacial score (nSPS) is 17.1. The van der Waals surface area contributed by atoms with Gasteiger partial charge in [0.1, 0.15) is 5.75 Å². The molecule has 0 N–H and O–H groups in total. The van der Waals surface area contributed by atoms with Crippen LogP contribution in [0.1, 0.15) is 21.5 Å². The summed E-state index contributed by atoms with van der Waals surface area (Å²) in [7, 11) is -3.49. The highest BCUT2D eigenvalue weighted by Crippen LogP contribution is 2.27. The number of sulfone groups is 1. The molecule has 0 radical (unpaired) electrons. The molecule has 2 aromatic rings. The average Bonchev–Trinajstić information content (AvgIpc) is 3.15. The van der Waals surface area contributed by atoms with Crippen LogP contribution in [0.2, 0.25) is 5.02 Å². The number of carbonyl (C=O) groups is 1. The number of ether oxygens (including phenoxy) is 1. The van der Waals surface area contributed by atoms with E-state index in [1.807, 2.05) is 6.07 Å². The van der Waals surface area contributed by atoms with Crippen LogP contribution >= 0.6 is 11.6 Å². The number of halogens is 1. The minimum absolute atomic E-state index is 0.00996. The molecule has 1 amide bonds. The summed E-state index contributed by atoms with van der Waals surface area (Å²) in [6, 6.07) is 10.8. The van der Waals surface area contributed by atoms with Gasteiger partial charge in [-0.1, -0.05) is 23.7 Å². The Morgan fingerprint density at radius 3 is 2.59 bits per heavy atom. The molecule has 0 spiro atoms. The van der Waals surface area contributed by atoms with E-state index < -0.39 is 9.84 Å². The van der Waals surface area contributed by atoms with Crippen molar-refractivity contribution in [3.8, 4) is 5.75 Å². The second kappa shape index (κ2) is 7.97. The smallest absolute Gasteiger partial charge is 0.253 e. The maximum atomic E-state index is 12.8. The number of benzene rings is 2. The van der Waals surface area contributed by atoms with E-state index in [2.05, 4.69) is 17.0 Å². The Morgan fingerprint density at radius 2 is 1.86 bits per heavy atom. The van der Waals surface area contributed by atoms with Crippen LogP contribution < -0.4 is 4.74 Å². The van der Waals surface area contributed by atoms with Crippen molar-refractivity contribution >= 4 is 27.3 Å². The molecule has 2 aliphatic heterocycles. The molecule has 154 valence electrons. The zero-order chi connectivity index (χ0) is 20.6. The topological polar surface area (TPSA) is 66.9 Å². The summed E-state index contributed by atoms with van der Waals surface area (Å²) in [6.07, 6.45) is 2.05. The van der Waals surface area contributed by atoms with E-state index in [-0.39, 0.29) is 15.8 Å². The number of amides is 1. The van der Waals surface area contributed by atoms with Crippen molar-refractivity contribution in [2.24, 2.45) is 0 Å². The van der Waals surface area contributed by atoms with Crippen LogP contribution in [-0.4, -0.2) is 63.2 Å². The Kier molecular flexibility index (Phi) is 5.55. The van der Waals surface area contributed by atoms with E-state index in [0.717, 1.165) is 44.7 Å². The monoisotopic (exact) mass is 434 g/mol.